The van der Waals surface area contributed by atoms with Gasteiger partial charge in [0.05, 0.1) is 5.71 Å². The first kappa shape index (κ1) is 11.6. The number of carboxylic acids is 1. The Morgan fingerprint density at radius 1 is 1.54 bits per heavy atom. The molecular formula is C9H13NO3. The Labute approximate surface area is 76.8 Å². The van der Waals surface area contributed by atoms with Gasteiger partial charge in [-0.05, 0) is 18.9 Å². The second-order valence-electron chi connectivity index (χ2n) is 2.82. The molecule has 0 saturated heterocycles. The molecule has 13 heavy (non-hydrogen) atoms. The molecule has 0 aliphatic rings. The van der Waals surface area contributed by atoms with Crippen molar-refractivity contribution in [3.63, 3.8) is 0 Å². The molecule has 0 aromatic heterocycles. The van der Waals surface area contributed by atoms with E-state index in [1.807, 2.05) is 0 Å². The maximum atomic E-state index is 11.2. The molecule has 0 saturated carbocycles. The molecule has 4 nitrogen and oxygen atoms in total. The predicted molar refractivity (Wildman–Crippen MR) is 49.0 cm³/mol. The smallest absolute Gasteiger partial charge is 0.312 e. The van der Waals surface area contributed by atoms with E-state index in [0.29, 0.717) is 0 Å². The van der Waals surface area contributed by atoms with Crippen LogP contribution in [0.15, 0.2) is 12.2 Å². The molecule has 0 aromatic rings. The Morgan fingerprint density at radius 2 is 2.00 bits per heavy atom. The van der Waals surface area contributed by atoms with Crippen LogP contribution in [0.25, 0.3) is 0 Å². The summed E-state index contributed by atoms with van der Waals surface area (Å²) in [5, 5.41) is 16.0. The number of ketones is 1. The third-order valence-electron chi connectivity index (χ3n) is 1.69. The van der Waals surface area contributed by atoms with E-state index in [4.69, 9.17) is 10.5 Å². The van der Waals surface area contributed by atoms with Gasteiger partial charge in [0.1, 0.15) is 5.92 Å². The van der Waals surface area contributed by atoms with E-state index in [2.05, 4.69) is 6.58 Å². The van der Waals surface area contributed by atoms with Crippen LogP contribution in [-0.2, 0) is 9.59 Å². The lowest BCUT2D eigenvalue weighted by molar-refractivity contribution is -0.139. The van der Waals surface area contributed by atoms with E-state index in [-0.39, 0.29) is 17.7 Å². The number of Topliss-reactive ketones (excluding diaryl/α,β-unsaturated/α-hetero) is 1. The predicted octanol–water partition coefficient (Wildman–Crippen LogP) is 1.26. The zero-order valence-corrected chi connectivity index (χ0v) is 7.76. The quantitative estimate of drug-likeness (QED) is 0.497. The van der Waals surface area contributed by atoms with E-state index in [1.165, 1.54) is 6.92 Å². The molecule has 0 heterocycles. The number of carboxylic acid groups (broad SMARTS) is 1. The van der Waals surface area contributed by atoms with E-state index in [9.17, 15) is 9.59 Å². The largest absolute Gasteiger partial charge is 0.481 e. The summed E-state index contributed by atoms with van der Waals surface area (Å²) in [5.74, 6) is -2.72. The SMILES string of the molecule is C=C(C)C(=O)C(=N)C(CC)C(=O)O. The van der Waals surface area contributed by atoms with Crippen molar-refractivity contribution in [3.05, 3.63) is 12.2 Å². The monoisotopic (exact) mass is 183 g/mol. The molecule has 1 unspecified atom stereocenters. The van der Waals surface area contributed by atoms with Gasteiger partial charge in [0.25, 0.3) is 0 Å². The van der Waals surface area contributed by atoms with Crippen LogP contribution in [0.4, 0.5) is 0 Å². The van der Waals surface area contributed by atoms with Gasteiger partial charge in [-0.1, -0.05) is 13.5 Å². The van der Waals surface area contributed by atoms with Crippen LogP contribution in [0, 0.1) is 11.3 Å². The van der Waals surface area contributed by atoms with Gasteiger partial charge < -0.3 is 10.5 Å². The summed E-state index contributed by atoms with van der Waals surface area (Å²) >= 11 is 0. The summed E-state index contributed by atoms with van der Waals surface area (Å²) in [5.41, 5.74) is -0.188. The molecule has 0 radical (unpaired) electrons. The minimum atomic E-state index is -1.14. The minimum absolute atomic E-state index is 0.199. The first-order chi connectivity index (χ1) is 5.91. The lowest BCUT2D eigenvalue weighted by Gasteiger charge is -2.09. The lowest BCUT2D eigenvalue weighted by Crippen LogP contribution is -2.29. The molecule has 72 valence electrons. The molecule has 0 bridgehead atoms. The van der Waals surface area contributed by atoms with Crippen LogP contribution in [-0.4, -0.2) is 22.6 Å². The lowest BCUT2D eigenvalue weighted by atomic mass is 9.95. The van der Waals surface area contributed by atoms with Crippen LogP contribution in [0.3, 0.4) is 0 Å². The Hall–Kier alpha value is -1.45. The van der Waals surface area contributed by atoms with Gasteiger partial charge in [-0.25, -0.2) is 0 Å². The van der Waals surface area contributed by atoms with E-state index >= 15 is 0 Å². The number of rotatable bonds is 5. The second-order valence-corrected chi connectivity index (χ2v) is 2.82. The highest BCUT2D eigenvalue weighted by Crippen LogP contribution is 2.08. The van der Waals surface area contributed by atoms with Crippen molar-refractivity contribution >= 4 is 17.5 Å². The standard InChI is InChI=1S/C9H13NO3/c1-4-6(9(12)13)7(10)8(11)5(2)3/h6,10H,2,4H2,1,3H3,(H,12,13). The maximum Gasteiger partial charge on any atom is 0.312 e. The third kappa shape index (κ3) is 2.82. The van der Waals surface area contributed by atoms with Crippen molar-refractivity contribution < 1.29 is 14.7 Å². The molecule has 1 atom stereocenters. The van der Waals surface area contributed by atoms with Crippen LogP contribution in [0.5, 0.6) is 0 Å². The van der Waals surface area contributed by atoms with Crippen LogP contribution >= 0.6 is 0 Å². The molecule has 0 aliphatic carbocycles. The number of allylic oxidation sites excluding steroid dienone is 1. The van der Waals surface area contributed by atoms with Crippen molar-refractivity contribution in [1.82, 2.24) is 0 Å². The number of carbonyl (C=O) groups excluding carboxylic acids is 1. The van der Waals surface area contributed by atoms with Crippen LogP contribution in [0.2, 0.25) is 0 Å². The molecule has 0 amide bonds. The van der Waals surface area contributed by atoms with Gasteiger partial charge in [0, 0.05) is 0 Å². The van der Waals surface area contributed by atoms with Crippen molar-refractivity contribution in [2.75, 3.05) is 0 Å². The van der Waals surface area contributed by atoms with Crippen LogP contribution in [0.1, 0.15) is 20.3 Å². The van der Waals surface area contributed by atoms with Crippen molar-refractivity contribution in [1.29, 1.82) is 5.41 Å². The molecular weight excluding hydrogens is 170 g/mol. The van der Waals surface area contributed by atoms with Gasteiger partial charge in [-0.3, -0.25) is 9.59 Å². The first-order valence-electron chi connectivity index (χ1n) is 3.93. The number of hydrogen-bond donors (Lipinski definition) is 2. The molecule has 2 N–H and O–H groups in total. The first-order valence-corrected chi connectivity index (χ1v) is 3.93. The van der Waals surface area contributed by atoms with Gasteiger partial charge >= 0.3 is 5.97 Å². The fourth-order valence-corrected chi connectivity index (χ4v) is 0.890. The molecule has 4 heteroatoms. The number of nitrogens with one attached hydrogen (secondary N) is 1. The summed E-state index contributed by atoms with van der Waals surface area (Å²) < 4.78 is 0. The topological polar surface area (TPSA) is 78.2 Å². The highest BCUT2D eigenvalue weighted by Gasteiger charge is 2.25. The van der Waals surface area contributed by atoms with Crippen molar-refractivity contribution in [3.8, 4) is 0 Å². The Morgan fingerprint density at radius 3 is 2.23 bits per heavy atom. The number of carbonyl (C=O) groups is 2. The zero-order valence-electron chi connectivity index (χ0n) is 7.76. The molecule has 0 rings (SSSR count). The van der Waals surface area contributed by atoms with Crippen LogP contribution < -0.4 is 0 Å². The minimum Gasteiger partial charge on any atom is -0.481 e. The summed E-state index contributed by atoms with van der Waals surface area (Å²) in [7, 11) is 0. The molecule has 0 spiro atoms. The highest BCUT2D eigenvalue weighted by molar-refractivity contribution is 6.47. The third-order valence-corrected chi connectivity index (χ3v) is 1.69. The van der Waals surface area contributed by atoms with Gasteiger partial charge in [-0.15, -0.1) is 0 Å². The van der Waals surface area contributed by atoms with Gasteiger partial charge in [0.2, 0.25) is 5.78 Å². The summed E-state index contributed by atoms with van der Waals surface area (Å²) in [6.45, 7) is 6.46. The zero-order chi connectivity index (χ0) is 10.6. The Balaban J connectivity index is 4.66. The Kier molecular flexibility index (Phi) is 4.04. The van der Waals surface area contributed by atoms with E-state index in [1.54, 1.807) is 6.92 Å². The fraction of sp³-hybridized carbons (Fsp3) is 0.444. The normalized spacial score (nSPS) is 11.8. The average molecular weight is 183 g/mol. The maximum absolute atomic E-state index is 11.2. The summed E-state index contributed by atoms with van der Waals surface area (Å²) in [6.07, 6.45) is 0.243. The summed E-state index contributed by atoms with van der Waals surface area (Å²) in [6, 6.07) is 0. The molecule has 0 fully saturated rings. The molecule has 0 aliphatic heterocycles. The number of aliphatic carboxylic acids is 1. The molecule has 0 aromatic carbocycles. The van der Waals surface area contributed by atoms with Gasteiger partial charge in [0.15, 0.2) is 0 Å². The number of hydrogen-bond acceptors (Lipinski definition) is 3. The highest BCUT2D eigenvalue weighted by atomic mass is 16.4. The van der Waals surface area contributed by atoms with Gasteiger partial charge in [-0.2, -0.15) is 0 Å². The average Bonchev–Trinajstić information content (AvgIpc) is 2.03. The van der Waals surface area contributed by atoms with Crippen molar-refractivity contribution in [2.24, 2.45) is 5.92 Å². The Bertz CT molecular complexity index is 268. The van der Waals surface area contributed by atoms with Crippen molar-refractivity contribution in [2.45, 2.75) is 20.3 Å². The van der Waals surface area contributed by atoms with E-state index in [0.717, 1.165) is 0 Å². The van der Waals surface area contributed by atoms with E-state index < -0.39 is 17.7 Å². The second kappa shape index (κ2) is 4.54. The summed E-state index contributed by atoms with van der Waals surface area (Å²) in [4.78, 5) is 21.7. The fourth-order valence-electron chi connectivity index (χ4n) is 0.890.